The second kappa shape index (κ2) is 12.6. The molecule has 3 aliphatic heterocycles. The lowest BCUT2D eigenvalue weighted by Crippen LogP contribution is -2.63. The number of fused-ring (bicyclic) bond motifs is 1. The number of hydrogen-bond acceptors (Lipinski definition) is 5. The van der Waals surface area contributed by atoms with Crippen LogP contribution in [0.4, 0.5) is 0 Å². The zero-order valence-corrected chi connectivity index (χ0v) is 26.8. The first-order chi connectivity index (χ1) is 19.1. The van der Waals surface area contributed by atoms with Gasteiger partial charge in [-0.2, -0.15) is 0 Å². The highest BCUT2D eigenvalue weighted by Gasteiger charge is 2.75. The summed E-state index contributed by atoms with van der Waals surface area (Å²) in [7, 11) is 0. The van der Waals surface area contributed by atoms with E-state index in [4.69, 9.17) is 4.74 Å². The summed E-state index contributed by atoms with van der Waals surface area (Å²) in [5, 5.41) is 10.6. The molecule has 0 aromatic rings. The number of carbonyl (C=O) groups excluding carboxylic acids is 3. The highest BCUT2D eigenvalue weighted by molar-refractivity contribution is 5.99. The number of rotatable bonds is 14. The largest absolute Gasteiger partial charge is 0.394 e. The molecule has 3 fully saturated rings. The van der Waals surface area contributed by atoms with Gasteiger partial charge in [-0.25, -0.2) is 0 Å². The van der Waals surface area contributed by atoms with Gasteiger partial charge in [-0.1, -0.05) is 60.1 Å². The average molecular weight is 574 g/mol. The quantitative estimate of drug-likeness (QED) is 0.311. The maximum atomic E-state index is 14.9. The minimum absolute atomic E-state index is 0.0476. The summed E-state index contributed by atoms with van der Waals surface area (Å²) in [6, 6.07) is -1.48. The molecule has 7 atom stereocenters. The molecule has 0 radical (unpaired) electrons. The average Bonchev–Trinajstić information content (AvgIpc) is 3.53. The van der Waals surface area contributed by atoms with E-state index in [2.05, 4.69) is 47.8 Å². The predicted octanol–water partition coefficient (Wildman–Crippen LogP) is 4.42. The van der Waals surface area contributed by atoms with Gasteiger partial charge in [-0.3, -0.25) is 14.4 Å². The Morgan fingerprint density at radius 3 is 2.29 bits per heavy atom. The summed E-state index contributed by atoms with van der Waals surface area (Å²) >= 11 is 0. The summed E-state index contributed by atoms with van der Waals surface area (Å²) in [5.41, 5.74) is -1.69. The molecule has 3 saturated heterocycles. The number of carbonyl (C=O) groups is 3. The number of nitrogens with zero attached hydrogens (tertiary/aromatic N) is 3. The maximum absolute atomic E-state index is 14.9. The van der Waals surface area contributed by atoms with Gasteiger partial charge < -0.3 is 24.5 Å². The van der Waals surface area contributed by atoms with E-state index >= 15 is 0 Å². The third-order valence-electron chi connectivity index (χ3n) is 9.53. The van der Waals surface area contributed by atoms with Crippen LogP contribution in [0.25, 0.3) is 0 Å². The lowest BCUT2D eigenvalue weighted by atomic mass is 9.70. The fourth-order valence-corrected chi connectivity index (χ4v) is 8.06. The molecular formula is C33H55N3O5. The highest BCUT2D eigenvalue weighted by Crippen LogP contribution is 2.59. The van der Waals surface area contributed by atoms with Gasteiger partial charge in [0.2, 0.25) is 17.7 Å². The molecule has 3 heterocycles. The number of ether oxygens (including phenoxy) is 1. The van der Waals surface area contributed by atoms with Gasteiger partial charge in [0.1, 0.15) is 11.6 Å². The van der Waals surface area contributed by atoms with Crippen LogP contribution in [0.1, 0.15) is 87.5 Å². The van der Waals surface area contributed by atoms with E-state index in [1.54, 1.807) is 22.0 Å². The lowest BCUT2D eigenvalue weighted by Gasteiger charge is -2.47. The summed E-state index contributed by atoms with van der Waals surface area (Å²) in [5.74, 6) is -2.01. The van der Waals surface area contributed by atoms with Crippen molar-refractivity contribution in [2.24, 2.45) is 23.2 Å². The normalized spacial score (nSPS) is 28.8. The van der Waals surface area contributed by atoms with Gasteiger partial charge in [-0.05, 0) is 50.9 Å². The first-order valence-electron chi connectivity index (χ1n) is 15.6. The summed E-state index contributed by atoms with van der Waals surface area (Å²) in [6.45, 7) is 25.4. The van der Waals surface area contributed by atoms with E-state index in [0.717, 1.165) is 19.3 Å². The zero-order valence-electron chi connectivity index (χ0n) is 26.8. The van der Waals surface area contributed by atoms with Gasteiger partial charge in [0.05, 0.1) is 30.6 Å². The molecule has 2 bridgehead atoms. The zero-order chi connectivity index (χ0) is 30.9. The molecule has 232 valence electrons. The van der Waals surface area contributed by atoms with Crippen LogP contribution < -0.4 is 0 Å². The van der Waals surface area contributed by atoms with Crippen LogP contribution in [0, 0.1) is 23.2 Å². The number of amides is 3. The first-order valence-corrected chi connectivity index (χ1v) is 15.6. The van der Waals surface area contributed by atoms with E-state index in [1.165, 1.54) is 0 Å². The van der Waals surface area contributed by atoms with E-state index in [-0.39, 0.29) is 35.7 Å². The van der Waals surface area contributed by atoms with Crippen LogP contribution in [0.15, 0.2) is 25.3 Å². The van der Waals surface area contributed by atoms with Crippen molar-refractivity contribution >= 4 is 17.7 Å². The molecule has 41 heavy (non-hydrogen) atoms. The molecule has 1 spiro atoms. The molecule has 3 rings (SSSR count). The van der Waals surface area contributed by atoms with Crippen molar-refractivity contribution in [2.45, 2.75) is 117 Å². The Morgan fingerprint density at radius 2 is 1.78 bits per heavy atom. The third kappa shape index (κ3) is 6.01. The highest BCUT2D eigenvalue weighted by atomic mass is 16.5. The molecule has 8 heteroatoms. The summed E-state index contributed by atoms with van der Waals surface area (Å²) in [6.07, 6.45) is 6.43. The second-order valence-electron chi connectivity index (χ2n) is 14.3. The number of likely N-dealkylation sites (tertiary alicyclic amines) is 1. The molecule has 0 aliphatic carbocycles. The number of hydrogen-bond donors (Lipinski definition) is 1. The van der Waals surface area contributed by atoms with Crippen molar-refractivity contribution in [1.29, 1.82) is 0 Å². The second-order valence-corrected chi connectivity index (χ2v) is 14.3. The molecule has 8 nitrogen and oxygen atoms in total. The van der Waals surface area contributed by atoms with E-state index in [0.29, 0.717) is 32.5 Å². The molecule has 2 unspecified atom stereocenters. The Bertz CT molecular complexity index is 1000. The van der Waals surface area contributed by atoms with Gasteiger partial charge in [0, 0.05) is 25.2 Å². The SMILES string of the molecule is C=CCN(CCC)C(=O)[C@@H]1[C@H]2C(=O)N([C@@H](CO)[C@@H](C)CC)C(C(=O)N(CC=C)C(C)(C)CC(C)(C)C)C23CC[C@H]1O3. The van der Waals surface area contributed by atoms with Crippen molar-refractivity contribution < 1.29 is 24.2 Å². The Morgan fingerprint density at radius 1 is 1.15 bits per heavy atom. The Hall–Kier alpha value is -2.19. The Labute approximate surface area is 248 Å². The summed E-state index contributed by atoms with van der Waals surface area (Å²) < 4.78 is 6.72. The predicted molar refractivity (Wildman–Crippen MR) is 162 cm³/mol. The molecular weight excluding hydrogens is 518 g/mol. The van der Waals surface area contributed by atoms with Crippen LogP contribution in [-0.2, 0) is 19.1 Å². The third-order valence-corrected chi connectivity index (χ3v) is 9.53. The van der Waals surface area contributed by atoms with E-state index in [1.807, 2.05) is 25.7 Å². The topological polar surface area (TPSA) is 90.4 Å². The van der Waals surface area contributed by atoms with Crippen molar-refractivity contribution in [1.82, 2.24) is 14.7 Å². The van der Waals surface area contributed by atoms with Crippen molar-refractivity contribution in [3.8, 4) is 0 Å². The standard InChI is InChI=1S/C33H55N3O5/c1-11-17-34(18-12-2)28(38)25-24-15-16-33(41-24)26(25)29(39)36(23(20-37)22(5)14-4)27(33)30(40)35(19-13-3)32(9,10)21-31(6,7)8/h11,13,22-27,37H,1,3,12,14-21H2,2,4-10H3/t22-,23-,24+,25-,26-,27?,33?/m0/s1. The van der Waals surface area contributed by atoms with Crippen LogP contribution in [0.2, 0.25) is 0 Å². The fourth-order valence-electron chi connectivity index (χ4n) is 8.06. The monoisotopic (exact) mass is 573 g/mol. The lowest BCUT2D eigenvalue weighted by molar-refractivity contribution is -0.157. The van der Waals surface area contributed by atoms with Crippen molar-refractivity contribution in [2.75, 3.05) is 26.2 Å². The summed E-state index contributed by atoms with van der Waals surface area (Å²) in [4.78, 5) is 48.7. The minimum atomic E-state index is -1.11. The molecule has 3 aliphatic rings. The van der Waals surface area contributed by atoms with E-state index in [9.17, 15) is 19.5 Å². The van der Waals surface area contributed by atoms with Crippen LogP contribution in [0.5, 0.6) is 0 Å². The number of aliphatic hydroxyl groups is 1. The minimum Gasteiger partial charge on any atom is -0.394 e. The van der Waals surface area contributed by atoms with Gasteiger partial charge in [0.25, 0.3) is 0 Å². The maximum Gasteiger partial charge on any atom is 0.249 e. The number of aliphatic hydroxyl groups excluding tert-OH is 1. The fraction of sp³-hybridized carbons (Fsp3) is 0.788. The Balaban J connectivity index is 2.17. The molecule has 0 aromatic heterocycles. The molecule has 0 aromatic carbocycles. The van der Waals surface area contributed by atoms with Crippen LogP contribution in [0.3, 0.4) is 0 Å². The smallest absolute Gasteiger partial charge is 0.249 e. The Kier molecular flexibility index (Phi) is 10.2. The first kappa shape index (κ1) is 33.3. The van der Waals surface area contributed by atoms with Crippen molar-refractivity contribution in [3.63, 3.8) is 0 Å². The molecule has 3 amide bonds. The van der Waals surface area contributed by atoms with E-state index < -0.39 is 41.2 Å². The van der Waals surface area contributed by atoms with Crippen molar-refractivity contribution in [3.05, 3.63) is 25.3 Å². The molecule has 0 saturated carbocycles. The van der Waals surface area contributed by atoms with Gasteiger partial charge >= 0.3 is 0 Å². The van der Waals surface area contributed by atoms with Gasteiger partial charge in [-0.15, -0.1) is 13.2 Å². The van der Waals surface area contributed by atoms with Crippen LogP contribution >= 0.6 is 0 Å². The molecule has 1 N–H and O–H groups in total. The van der Waals surface area contributed by atoms with Gasteiger partial charge in [0.15, 0.2) is 0 Å². The van der Waals surface area contributed by atoms with Crippen LogP contribution in [-0.4, -0.2) is 93.1 Å².